The first-order chi connectivity index (χ1) is 12.2. The van der Waals surface area contributed by atoms with Crippen molar-refractivity contribution in [1.29, 1.82) is 0 Å². The van der Waals surface area contributed by atoms with Crippen LogP contribution in [0.15, 0.2) is 29.0 Å². The summed E-state index contributed by atoms with van der Waals surface area (Å²) in [5, 5.41) is 4.07. The summed E-state index contributed by atoms with van der Waals surface area (Å²) in [6.07, 6.45) is 7.52. The number of hydrogen-bond acceptors (Lipinski definition) is 6. The van der Waals surface area contributed by atoms with Crippen LogP contribution in [0.5, 0.6) is 0 Å². The minimum absolute atomic E-state index is 0.235. The molecule has 3 aromatic rings. The molecule has 1 saturated heterocycles. The summed E-state index contributed by atoms with van der Waals surface area (Å²) in [6, 6.07) is 4.30. The Morgan fingerprint density at radius 2 is 2.24 bits per heavy atom. The first kappa shape index (κ1) is 16.5. The van der Waals surface area contributed by atoms with Gasteiger partial charge in [-0.3, -0.25) is 0 Å². The van der Waals surface area contributed by atoms with Crippen LogP contribution in [0.4, 0.5) is 0 Å². The van der Waals surface area contributed by atoms with Crippen molar-refractivity contribution in [3.8, 4) is 10.7 Å². The summed E-state index contributed by atoms with van der Waals surface area (Å²) >= 11 is 1.76. The Balaban J connectivity index is 1.53. The molecule has 132 valence electrons. The zero-order valence-corrected chi connectivity index (χ0v) is 15.3. The Kier molecular flexibility index (Phi) is 4.67. The summed E-state index contributed by atoms with van der Waals surface area (Å²) in [4.78, 5) is 11.4. The van der Waals surface area contributed by atoms with Crippen LogP contribution in [0.2, 0.25) is 0 Å². The number of nitrogens with zero attached hydrogens (tertiary/aromatic N) is 4. The Labute approximate surface area is 150 Å². The fourth-order valence-corrected chi connectivity index (χ4v) is 4.10. The van der Waals surface area contributed by atoms with E-state index in [1.807, 2.05) is 26.2 Å². The second-order valence-corrected chi connectivity index (χ2v) is 7.75. The van der Waals surface area contributed by atoms with E-state index >= 15 is 0 Å². The Morgan fingerprint density at radius 1 is 1.32 bits per heavy atom. The van der Waals surface area contributed by atoms with Gasteiger partial charge in [0.25, 0.3) is 0 Å². The maximum Gasteiger partial charge on any atom is 0.229 e. The summed E-state index contributed by atoms with van der Waals surface area (Å²) < 4.78 is 13.3. The third kappa shape index (κ3) is 3.52. The molecule has 0 aliphatic carbocycles. The maximum atomic E-state index is 5.90. The molecule has 0 aromatic carbocycles. The second kappa shape index (κ2) is 7.09. The topological polar surface area (TPSA) is 66.0 Å². The van der Waals surface area contributed by atoms with Gasteiger partial charge in [0.1, 0.15) is 5.82 Å². The van der Waals surface area contributed by atoms with Crippen LogP contribution in [0.25, 0.3) is 10.7 Å². The first-order valence-electron chi connectivity index (χ1n) is 8.76. The molecule has 4 heterocycles. The molecule has 1 fully saturated rings. The van der Waals surface area contributed by atoms with E-state index in [1.54, 1.807) is 11.3 Å². The van der Waals surface area contributed by atoms with E-state index in [0.717, 1.165) is 23.7 Å². The third-order valence-corrected chi connectivity index (χ3v) is 5.52. The summed E-state index contributed by atoms with van der Waals surface area (Å²) in [6.45, 7) is 5.50. The van der Waals surface area contributed by atoms with Crippen molar-refractivity contribution in [3.05, 3.63) is 41.1 Å². The molecule has 0 spiro atoms. The van der Waals surface area contributed by atoms with Gasteiger partial charge in [-0.2, -0.15) is 4.98 Å². The largest absolute Gasteiger partial charge is 0.373 e. The van der Waals surface area contributed by atoms with Gasteiger partial charge in [-0.15, -0.1) is 11.3 Å². The first-order valence-corrected chi connectivity index (χ1v) is 9.57. The molecular weight excluding hydrogens is 336 g/mol. The van der Waals surface area contributed by atoms with Crippen molar-refractivity contribution in [2.24, 2.45) is 0 Å². The zero-order chi connectivity index (χ0) is 17.2. The molecule has 1 aliphatic rings. The van der Waals surface area contributed by atoms with Gasteiger partial charge in [-0.05, 0) is 31.4 Å². The summed E-state index contributed by atoms with van der Waals surface area (Å²) in [5.74, 6) is 2.52. The highest BCUT2D eigenvalue weighted by Gasteiger charge is 2.20. The average Bonchev–Trinajstić information content (AvgIpc) is 3.36. The van der Waals surface area contributed by atoms with Gasteiger partial charge < -0.3 is 13.8 Å². The Hall–Kier alpha value is -1.99. The predicted octanol–water partition coefficient (Wildman–Crippen LogP) is 4.41. The molecule has 6 nitrogen and oxygen atoms in total. The predicted molar refractivity (Wildman–Crippen MR) is 95.6 cm³/mol. The van der Waals surface area contributed by atoms with Crippen molar-refractivity contribution in [2.75, 3.05) is 6.61 Å². The van der Waals surface area contributed by atoms with Crippen LogP contribution in [-0.2, 0) is 11.3 Å². The highest BCUT2D eigenvalue weighted by Crippen LogP contribution is 2.36. The molecule has 0 bridgehead atoms. The number of rotatable bonds is 5. The van der Waals surface area contributed by atoms with Gasteiger partial charge >= 0.3 is 0 Å². The highest BCUT2D eigenvalue weighted by atomic mass is 32.1. The van der Waals surface area contributed by atoms with Crippen LogP contribution >= 0.6 is 11.3 Å². The lowest BCUT2D eigenvalue weighted by Crippen LogP contribution is -2.09. The highest BCUT2D eigenvalue weighted by molar-refractivity contribution is 7.15. The van der Waals surface area contributed by atoms with E-state index in [2.05, 4.69) is 31.8 Å². The number of imidazole rings is 1. The van der Waals surface area contributed by atoms with Crippen LogP contribution in [0.1, 0.15) is 61.7 Å². The van der Waals surface area contributed by atoms with Crippen LogP contribution in [-0.4, -0.2) is 26.3 Å². The molecule has 3 aromatic heterocycles. The molecule has 0 radical (unpaired) electrons. The third-order valence-electron chi connectivity index (χ3n) is 4.35. The lowest BCUT2D eigenvalue weighted by Gasteiger charge is -2.21. The number of hydrogen-bond donors (Lipinski definition) is 0. The van der Waals surface area contributed by atoms with E-state index in [4.69, 9.17) is 9.26 Å². The van der Waals surface area contributed by atoms with Gasteiger partial charge in [0.15, 0.2) is 5.82 Å². The fraction of sp³-hybridized carbons (Fsp3) is 0.500. The van der Waals surface area contributed by atoms with E-state index in [-0.39, 0.29) is 12.0 Å². The normalized spacial score (nSPS) is 18.1. The molecule has 0 amide bonds. The second-order valence-electron chi connectivity index (χ2n) is 6.64. The fourth-order valence-electron chi connectivity index (χ4n) is 2.99. The lowest BCUT2D eigenvalue weighted by atomic mass is 10.1. The average molecular weight is 358 g/mol. The maximum absolute atomic E-state index is 5.90. The SMILES string of the molecule is CC(C)c1nc(Cn2ccnc2-c2ccc(C3CCCCO3)s2)no1. The Morgan fingerprint density at radius 3 is 3.00 bits per heavy atom. The molecule has 1 atom stereocenters. The molecule has 0 saturated carbocycles. The monoisotopic (exact) mass is 358 g/mol. The minimum Gasteiger partial charge on any atom is -0.373 e. The van der Waals surface area contributed by atoms with E-state index in [1.165, 1.54) is 17.7 Å². The van der Waals surface area contributed by atoms with Gasteiger partial charge in [-0.25, -0.2) is 4.98 Å². The molecule has 1 unspecified atom stereocenters. The van der Waals surface area contributed by atoms with Gasteiger partial charge in [-0.1, -0.05) is 19.0 Å². The molecule has 0 N–H and O–H groups in total. The minimum atomic E-state index is 0.235. The molecular formula is C18H22N4O2S. The van der Waals surface area contributed by atoms with Crippen molar-refractivity contribution in [3.63, 3.8) is 0 Å². The number of aromatic nitrogens is 4. The zero-order valence-electron chi connectivity index (χ0n) is 14.5. The van der Waals surface area contributed by atoms with Gasteiger partial charge in [0.05, 0.1) is 17.5 Å². The smallest absolute Gasteiger partial charge is 0.229 e. The van der Waals surface area contributed by atoms with Gasteiger partial charge in [0, 0.05) is 29.8 Å². The molecule has 25 heavy (non-hydrogen) atoms. The van der Waals surface area contributed by atoms with Crippen LogP contribution < -0.4 is 0 Å². The standard InChI is InChI=1S/C18H22N4O2S/c1-12(2)18-20-16(21-24-18)11-22-9-8-19-17(22)15-7-6-14(25-15)13-5-3-4-10-23-13/h6-9,12-13H,3-5,10-11H2,1-2H3. The number of ether oxygens (including phenoxy) is 1. The number of thiophene rings is 1. The van der Waals surface area contributed by atoms with Crippen molar-refractivity contribution in [1.82, 2.24) is 19.7 Å². The van der Waals surface area contributed by atoms with Crippen molar-refractivity contribution < 1.29 is 9.26 Å². The quantitative estimate of drug-likeness (QED) is 0.676. The van der Waals surface area contributed by atoms with E-state index in [0.29, 0.717) is 18.3 Å². The van der Waals surface area contributed by atoms with E-state index in [9.17, 15) is 0 Å². The molecule has 1 aliphatic heterocycles. The van der Waals surface area contributed by atoms with Gasteiger partial charge in [0.2, 0.25) is 5.89 Å². The van der Waals surface area contributed by atoms with Crippen molar-refractivity contribution in [2.45, 2.75) is 51.7 Å². The van der Waals surface area contributed by atoms with Crippen LogP contribution in [0.3, 0.4) is 0 Å². The summed E-state index contributed by atoms with van der Waals surface area (Å²) in [5.41, 5.74) is 0. The van der Waals surface area contributed by atoms with E-state index < -0.39 is 0 Å². The Bertz CT molecular complexity index is 830. The molecule has 7 heteroatoms. The van der Waals surface area contributed by atoms with Crippen LogP contribution in [0, 0.1) is 0 Å². The summed E-state index contributed by atoms with van der Waals surface area (Å²) in [7, 11) is 0. The lowest BCUT2D eigenvalue weighted by molar-refractivity contribution is 0.0172. The molecule has 4 rings (SSSR count). The van der Waals surface area contributed by atoms with Crippen molar-refractivity contribution >= 4 is 11.3 Å².